The minimum atomic E-state index is -0.292. The molecule has 1 atom stereocenters. The van der Waals surface area contributed by atoms with Gasteiger partial charge in [0.25, 0.3) is 0 Å². The van der Waals surface area contributed by atoms with Gasteiger partial charge in [0.1, 0.15) is 11.0 Å². The van der Waals surface area contributed by atoms with E-state index in [4.69, 9.17) is 9.15 Å². The first-order chi connectivity index (χ1) is 9.20. The van der Waals surface area contributed by atoms with Crippen molar-refractivity contribution >= 4 is 29.7 Å². The number of furan rings is 1. The van der Waals surface area contributed by atoms with E-state index >= 15 is 0 Å². The Kier molecular flexibility index (Phi) is 4.68. The van der Waals surface area contributed by atoms with Crippen LogP contribution in [0.1, 0.15) is 5.76 Å². The molecule has 102 valence electrons. The summed E-state index contributed by atoms with van der Waals surface area (Å²) in [5.74, 6) is 0.965. The van der Waals surface area contributed by atoms with Crippen molar-refractivity contribution in [1.82, 2.24) is 4.90 Å². The van der Waals surface area contributed by atoms with Crippen molar-refractivity contribution in [2.75, 3.05) is 26.0 Å². The molecular weight excluding hydrogens is 266 g/mol. The Labute approximate surface area is 115 Å². The number of esters is 1. The van der Waals surface area contributed by atoms with Crippen molar-refractivity contribution in [1.29, 1.82) is 0 Å². The highest BCUT2D eigenvalue weighted by molar-refractivity contribution is 8.00. The number of hydrogen-bond acceptors (Lipinski definition) is 5. The van der Waals surface area contributed by atoms with E-state index in [1.54, 1.807) is 29.4 Å². The van der Waals surface area contributed by atoms with Crippen LogP contribution in [0, 0.1) is 0 Å². The molecule has 2 heterocycles. The summed E-state index contributed by atoms with van der Waals surface area (Å²) < 4.78 is 9.82. The fraction of sp³-hybridized carbons (Fsp3) is 0.385. The van der Waals surface area contributed by atoms with Crippen LogP contribution in [-0.2, 0) is 14.3 Å². The molecule has 1 amide bonds. The summed E-state index contributed by atoms with van der Waals surface area (Å²) >= 11 is 1.52. The summed E-state index contributed by atoms with van der Waals surface area (Å²) in [4.78, 5) is 25.1. The summed E-state index contributed by atoms with van der Waals surface area (Å²) in [6.45, 7) is 1.03. The zero-order chi connectivity index (χ0) is 13.7. The largest absolute Gasteiger partial charge is 0.468 e. The second-order valence-corrected chi connectivity index (χ2v) is 5.33. The minimum Gasteiger partial charge on any atom is -0.468 e. The van der Waals surface area contributed by atoms with Crippen molar-refractivity contribution in [2.24, 2.45) is 0 Å². The topological polar surface area (TPSA) is 59.8 Å². The number of nitrogens with zero attached hydrogens (tertiary/aromatic N) is 1. The minimum absolute atomic E-state index is 0.120. The van der Waals surface area contributed by atoms with Gasteiger partial charge in [0, 0.05) is 24.9 Å². The first kappa shape index (κ1) is 13.7. The van der Waals surface area contributed by atoms with Crippen LogP contribution in [0.4, 0.5) is 0 Å². The first-order valence-corrected chi connectivity index (χ1v) is 6.95. The molecular formula is C13H15NO4S. The fourth-order valence-electron chi connectivity index (χ4n) is 1.77. The predicted octanol–water partition coefficient (Wildman–Crippen LogP) is 1.41. The lowest BCUT2D eigenvalue weighted by Crippen LogP contribution is -2.44. The van der Waals surface area contributed by atoms with Crippen molar-refractivity contribution in [3.05, 3.63) is 30.2 Å². The van der Waals surface area contributed by atoms with E-state index in [0.29, 0.717) is 18.8 Å². The Hall–Kier alpha value is -1.69. The molecule has 19 heavy (non-hydrogen) atoms. The van der Waals surface area contributed by atoms with Crippen LogP contribution in [0.3, 0.4) is 0 Å². The number of carbonyl (C=O) groups is 2. The molecule has 0 spiro atoms. The first-order valence-electron chi connectivity index (χ1n) is 5.90. The van der Waals surface area contributed by atoms with Gasteiger partial charge in [-0.2, -0.15) is 0 Å². The molecule has 5 nitrogen and oxygen atoms in total. The maximum Gasteiger partial charge on any atom is 0.320 e. The molecule has 1 aromatic rings. The summed E-state index contributed by atoms with van der Waals surface area (Å²) in [7, 11) is 1.36. The van der Waals surface area contributed by atoms with Crippen molar-refractivity contribution in [3.63, 3.8) is 0 Å². The lowest BCUT2D eigenvalue weighted by molar-refractivity contribution is -0.140. The molecule has 0 N–H and O–H groups in total. The third-order valence-corrected chi connectivity index (χ3v) is 3.94. The second kappa shape index (κ2) is 6.47. The van der Waals surface area contributed by atoms with Gasteiger partial charge >= 0.3 is 5.97 Å². The Morgan fingerprint density at radius 2 is 2.42 bits per heavy atom. The van der Waals surface area contributed by atoms with E-state index in [1.807, 2.05) is 0 Å². The Balaban J connectivity index is 1.93. The third kappa shape index (κ3) is 3.64. The molecule has 1 saturated heterocycles. The van der Waals surface area contributed by atoms with Gasteiger partial charge in [-0.25, -0.2) is 0 Å². The third-order valence-electron chi connectivity index (χ3n) is 2.78. The lowest BCUT2D eigenvalue weighted by Gasteiger charge is -2.30. The highest BCUT2D eigenvalue weighted by Crippen LogP contribution is 2.20. The van der Waals surface area contributed by atoms with Gasteiger partial charge < -0.3 is 14.1 Å². The van der Waals surface area contributed by atoms with Crippen molar-refractivity contribution in [3.8, 4) is 0 Å². The molecule has 0 bridgehead atoms. The molecule has 0 aliphatic carbocycles. The van der Waals surface area contributed by atoms with Gasteiger partial charge in [-0.15, -0.1) is 11.8 Å². The highest BCUT2D eigenvalue weighted by atomic mass is 32.2. The van der Waals surface area contributed by atoms with Gasteiger partial charge in [-0.05, 0) is 18.2 Å². The number of thioether (sulfide) groups is 1. The lowest BCUT2D eigenvalue weighted by atomic mass is 10.3. The van der Waals surface area contributed by atoms with Crippen molar-refractivity contribution < 1.29 is 18.7 Å². The molecule has 0 unspecified atom stereocenters. The van der Waals surface area contributed by atoms with Gasteiger partial charge in [-0.1, -0.05) is 0 Å². The maximum absolute atomic E-state index is 12.0. The zero-order valence-electron chi connectivity index (χ0n) is 10.6. The van der Waals surface area contributed by atoms with Crippen LogP contribution in [0.25, 0.3) is 6.08 Å². The molecule has 6 heteroatoms. The number of amides is 1. The summed E-state index contributed by atoms with van der Waals surface area (Å²) in [6.07, 6.45) is 4.63. The standard InChI is InChI=1S/C13H15NO4S/c1-17-13(16)11-9-14(6-8-19-11)12(15)5-4-10-3-2-7-18-10/h2-5,7,11H,6,8-9H2,1H3/b5-4+/t11-/m1/s1. The summed E-state index contributed by atoms with van der Waals surface area (Å²) in [5, 5.41) is -0.292. The average Bonchev–Trinajstić information content (AvgIpc) is 2.97. The van der Waals surface area contributed by atoms with E-state index in [2.05, 4.69) is 0 Å². The molecule has 1 aliphatic heterocycles. The zero-order valence-corrected chi connectivity index (χ0v) is 11.4. The maximum atomic E-state index is 12.0. The van der Waals surface area contributed by atoms with Gasteiger partial charge in [0.15, 0.2) is 0 Å². The van der Waals surface area contributed by atoms with Crippen LogP contribution in [0.2, 0.25) is 0 Å². The molecule has 1 aromatic heterocycles. The number of hydrogen-bond donors (Lipinski definition) is 0. The quantitative estimate of drug-likeness (QED) is 0.619. The van der Waals surface area contributed by atoms with E-state index in [0.717, 1.165) is 5.75 Å². The Morgan fingerprint density at radius 1 is 1.58 bits per heavy atom. The van der Waals surface area contributed by atoms with Crippen LogP contribution < -0.4 is 0 Å². The SMILES string of the molecule is COC(=O)[C@H]1CN(C(=O)/C=C/c2ccco2)CCS1. The number of methoxy groups -OCH3 is 1. The second-order valence-electron chi connectivity index (χ2n) is 4.02. The molecule has 1 fully saturated rings. The van der Waals surface area contributed by atoms with E-state index in [-0.39, 0.29) is 17.1 Å². The average molecular weight is 281 g/mol. The van der Waals surface area contributed by atoms with Crippen LogP contribution >= 0.6 is 11.8 Å². The molecule has 1 aliphatic rings. The van der Waals surface area contributed by atoms with Crippen LogP contribution in [-0.4, -0.2) is 48.0 Å². The predicted molar refractivity (Wildman–Crippen MR) is 72.6 cm³/mol. The Morgan fingerprint density at radius 3 is 3.11 bits per heavy atom. The number of carbonyl (C=O) groups excluding carboxylic acids is 2. The normalized spacial score (nSPS) is 19.6. The van der Waals surface area contributed by atoms with E-state index < -0.39 is 0 Å². The van der Waals surface area contributed by atoms with E-state index in [1.165, 1.54) is 24.9 Å². The van der Waals surface area contributed by atoms with Gasteiger partial charge in [-0.3, -0.25) is 9.59 Å². The van der Waals surface area contributed by atoms with Crippen LogP contribution in [0.5, 0.6) is 0 Å². The summed E-state index contributed by atoms with van der Waals surface area (Å²) in [5.41, 5.74) is 0. The molecule has 0 aromatic carbocycles. The summed E-state index contributed by atoms with van der Waals surface area (Å²) in [6, 6.07) is 3.53. The monoisotopic (exact) mass is 281 g/mol. The van der Waals surface area contributed by atoms with E-state index in [9.17, 15) is 9.59 Å². The molecule has 0 saturated carbocycles. The van der Waals surface area contributed by atoms with Gasteiger partial charge in [0.05, 0.1) is 13.4 Å². The number of ether oxygens (including phenoxy) is 1. The fourth-order valence-corrected chi connectivity index (χ4v) is 2.90. The molecule has 0 radical (unpaired) electrons. The Bertz CT molecular complexity index is 469. The van der Waals surface area contributed by atoms with Gasteiger partial charge in [0.2, 0.25) is 5.91 Å². The molecule has 2 rings (SSSR count). The smallest absolute Gasteiger partial charge is 0.320 e. The highest BCUT2D eigenvalue weighted by Gasteiger charge is 2.28. The van der Waals surface area contributed by atoms with Crippen molar-refractivity contribution in [2.45, 2.75) is 5.25 Å². The number of rotatable bonds is 3. The van der Waals surface area contributed by atoms with Crippen LogP contribution in [0.15, 0.2) is 28.9 Å².